The second-order valence-electron chi connectivity index (χ2n) is 5.56. The zero-order valence-electron chi connectivity index (χ0n) is 12.3. The first-order valence-electron chi connectivity index (χ1n) is 6.78. The number of hydrogen-bond acceptors (Lipinski definition) is 3. The van der Waals surface area contributed by atoms with Gasteiger partial charge in [-0.1, -0.05) is 44.0 Å². The number of benzene rings is 1. The second kappa shape index (κ2) is 6.53. The van der Waals surface area contributed by atoms with Crippen LogP contribution in [-0.4, -0.2) is 19.9 Å². The van der Waals surface area contributed by atoms with Crippen molar-refractivity contribution < 1.29 is 8.42 Å². The summed E-state index contributed by atoms with van der Waals surface area (Å²) >= 11 is 0. The van der Waals surface area contributed by atoms with E-state index < -0.39 is 15.9 Å². The van der Waals surface area contributed by atoms with Gasteiger partial charge < -0.3 is 5.73 Å². The molecular weight excluding hydrogens is 258 g/mol. The Morgan fingerprint density at radius 1 is 1.21 bits per heavy atom. The maximum atomic E-state index is 12.1. The molecule has 0 aliphatic rings. The lowest BCUT2D eigenvalue weighted by molar-refractivity contribution is 0.559. The van der Waals surface area contributed by atoms with E-state index in [1.54, 1.807) is 0 Å². The molecule has 0 radical (unpaired) electrons. The Morgan fingerprint density at radius 2 is 1.84 bits per heavy atom. The molecule has 0 fully saturated rings. The van der Waals surface area contributed by atoms with E-state index in [4.69, 9.17) is 5.73 Å². The number of sulfone groups is 1. The SMILES string of the molecule is CCC(C)CS(=O)(=O)CC(N)c1ccc(C)cc1C. The predicted molar refractivity (Wildman–Crippen MR) is 81.0 cm³/mol. The van der Waals surface area contributed by atoms with Crippen LogP contribution >= 0.6 is 0 Å². The van der Waals surface area contributed by atoms with Gasteiger partial charge in [0.05, 0.1) is 11.5 Å². The molecule has 19 heavy (non-hydrogen) atoms. The highest BCUT2D eigenvalue weighted by atomic mass is 32.2. The lowest BCUT2D eigenvalue weighted by Gasteiger charge is -2.17. The van der Waals surface area contributed by atoms with Gasteiger partial charge in [0.15, 0.2) is 9.84 Å². The van der Waals surface area contributed by atoms with Gasteiger partial charge in [0.1, 0.15) is 0 Å². The summed E-state index contributed by atoms with van der Waals surface area (Å²) in [4.78, 5) is 0. The van der Waals surface area contributed by atoms with Crippen LogP contribution < -0.4 is 5.73 Å². The fourth-order valence-corrected chi connectivity index (χ4v) is 4.19. The van der Waals surface area contributed by atoms with E-state index in [1.165, 1.54) is 0 Å². The first-order chi connectivity index (χ1) is 8.75. The van der Waals surface area contributed by atoms with Gasteiger partial charge in [0.2, 0.25) is 0 Å². The molecule has 1 aromatic carbocycles. The molecule has 0 aromatic heterocycles. The van der Waals surface area contributed by atoms with E-state index in [9.17, 15) is 8.42 Å². The largest absolute Gasteiger partial charge is 0.323 e. The summed E-state index contributed by atoms with van der Waals surface area (Å²) in [6.07, 6.45) is 0.873. The van der Waals surface area contributed by atoms with Crippen molar-refractivity contribution in [2.45, 2.75) is 40.2 Å². The van der Waals surface area contributed by atoms with Crippen LogP contribution in [0.1, 0.15) is 43.0 Å². The summed E-state index contributed by atoms with van der Waals surface area (Å²) < 4.78 is 24.2. The van der Waals surface area contributed by atoms with Crippen molar-refractivity contribution in [3.8, 4) is 0 Å². The molecule has 3 nitrogen and oxygen atoms in total. The lowest BCUT2D eigenvalue weighted by Crippen LogP contribution is -2.26. The van der Waals surface area contributed by atoms with E-state index >= 15 is 0 Å². The van der Waals surface area contributed by atoms with Crippen molar-refractivity contribution in [2.24, 2.45) is 11.7 Å². The quantitative estimate of drug-likeness (QED) is 0.873. The van der Waals surface area contributed by atoms with Gasteiger partial charge in [-0.3, -0.25) is 0 Å². The standard InChI is InChI=1S/C15H25NO2S/c1-5-11(2)9-19(17,18)10-15(16)14-7-6-12(3)8-13(14)4/h6-8,11,15H,5,9-10,16H2,1-4H3. The van der Waals surface area contributed by atoms with Crippen molar-refractivity contribution in [1.29, 1.82) is 0 Å². The van der Waals surface area contributed by atoms with Gasteiger partial charge in [0.25, 0.3) is 0 Å². The second-order valence-corrected chi connectivity index (χ2v) is 7.71. The Hall–Kier alpha value is -0.870. The van der Waals surface area contributed by atoms with Crippen LogP contribution in [0.25, 0.3) is 0 Å². The van der Waals surface area contributed by atoms with Crippen molar-refractivity contribution in [3.63, 3.8) is 0 Å². The van der Waals surface area contributed by atoms with E-state index in [1.807, 2.05) is 45.9 Å². The lowest BCUT2D eigenvalue weighted by atomic mass is 10.0. The topological polar surface area (TPSA) is 60.2 Å². The van der Waals surface area contributed by atoms with Gasteiger partial charge in [-0.2, -0.15) is 0 Å². The third-order valence-electron chi connectivity index (χ3n) is 3.49. The summed E-state index contributed by atoms with van der Waals surface area (Å²) in [7, 11) is -3.09. The minimum atomic E-state index is -3.09. The Kier molecular flexibility index (Phi) is 5.56. The van der Waals surface area contributed by atoms with Crippen molar-refractivity contribution in [1.82, 2.24) is 0 Å². The molecule has 0 aliphatic heterocycles. The molecule has 108 valence electrons. The molecule has 1 aromatic rings. The van der Waals surface area contributed by atoms with Crippen LogP contribution in [0.5, 0.6) is 0 Å². The normalized spacial score (nSPS) is 15.2. The fourth-order valence-electron chi connectivity index (χ4n) is 2.22. The molecule has 2 unspecified atom stereocenters. The Labute approximate surface area is 117 Å². The van der Waals surface area contributed by atoms with Gasteiger partial charge in [-0.25, -0.2) is 8.42 Å². The number of nitrogens with two attached hydrogens (primary N) is 1. The first-order valence-corrected chi connectivity index (χ1v) is 8.60. The first kappa shape index (κ1) is 16.2. The van der Waals surface area contributed by atoms with Crippen LogP contribution in [-0.2, 0) is 9.84 Å². The number of aryl methyl sites for hydroxylation is 2. The van der Waals surface area contributed by atoms with Crippen LogP contribution in [0.3, 0.4) is 0 Å². The fraction of sp³-hybridized carbons (Fsp3) is 0.600. The molecule has 2 N–H and O–H groups in total. The van der Waals surface area contributed by atoms with Crippen molar-refractivity contribution in [2.75, 3.05) is 11.5 Å². The molecule has 4 heteroatoms. The molecule has 0 heterocycles. The molecule has 0 amide bonds. The average molecular weight is 283 g/mol. The minimum Gasteiger partial charge on any atom is -0.323 e. The highest BCUT2D eigenvalue weighted by Crippen LogP contribution is 2.19. The minimum absolute atomic E-state index is 0.0290. The van der Waals surface area contributed by atoms with E-state index in [0.29, 0.717) is 0 Å². The summed E-state index contributed by atoms with van der Waals surface area (Å²) in [5.41, 5.74) is 9.22. The van der Waals surface area contributed by atoms with Gasteiger partial charge in [-0.05, 0) is 30.9 Å². The van der Waals surface area contributed by atoms with E-state index in [0.717, 1.165) is 23.1 Å². The summed E-state index contributed by atoms with van der Waals surface area (Å²) in [5, 5.41) is 0. The highest BCUT2D eigenvalue weighted by molar-refractivity contribution is 7.91. The zero-order valence-corrected chi connectivity index (χ0v) is 13.1. The number of hydrogen-bond donors (Lipinski definition) is 1. The molecule has 1 rings (SSSR count). The van der Waals surface area contributed by atoms with Crippen molar-refractivity contribution in [3.05, 3.63) is 34.9 Å². The number of rotatable bonds is 6. The summed E-state index contributed by atoms with van der Waals surface area (Å²) in [6.45, 7) is 7.95. The highest BCUT2D eigenvalue weighted by Gasteiger charge is 2.20. The Balaban J connectivity index is 2.81. The van der Waals surface area contributed by atoms with E-state index in [-0.39, 0.29) is 17.4 Å². The van der Waals surface area contributed by atoms with Crippen LogP contribution in [0, 0.1) is 19.8 Å². The summed E-state index contributed by atoms with van der Waals surface area (Å²) in [5.74, 6) is 0.444. The molecule has 0 saturated heterocycles. The predicted octanol–water partition coefficient (Wildman–Crippen LogP) is 2.76. The van der Waals surface area contributed by atoms with E-state index in [2.05, 4.69) is 0 Å². The molecule has 0 aliphatic carbocycles. The Morgan fingerprint density at radius 3 is 2.37 bits per heavy atom. The molecule has 2 atom stereocenters. The smallest absolute Gasteiger partial charge is 0.152 e. The third-order valence-corrected chi connectivity index (χ3v) is 5.44. The zero-order chi connectivity index (χ0) is 14.6. The van der Waals surface area contributed by atoms with Gasteiger partial charge in [0, 0.05) is 6.04 Å². The third kappa shape index (κ3) is 4.96. The molecule has 0 saturated carbocycles. The molecular formula is C15H25NO2S. The summed E-state index contributed by atoms with van der Waals surface area (Å²) in [6, 6.07) is 5.52. The van der Waals surface area contributed by atoms with Crippen molar-refractivity contribution >= 4 is 9.84 Å². The molecule has 0 bridgehead atoms. The van der Waals surface area contributed by atoms with Gasteiger partial charge in [-0.15, -0.1) is 0 Å². The monoisotopic (exact) mass is 283 g/mol. The maximum Gasteiger partial charge on any atom is 0.152 e. The van der Waals surface area contributed by atoms with Crippen LogP contribution in [0.4, 0.5) is 0 Å². The average Bonchev–Trinajstić information content (AvgIpc) is 2.26. The Bertz CT molecular complexity index is 523. The molecule has 0 spiro atoms. The maximum absolute atomic E-state index is 12.1. The van der Waals surface area contributed by atoms with Crippen LogP contribution in [0.2, 0.25) is 0 Å². The van der Waals surface area contributed by atoms with Crippen LogP contribution in [0.15, 0.2) is 18.2 Å². The van der Waals surface area contributed by atoms with Gasteiger partial charge >= 0.3 is 0 Å².